The van der Waals surface area contributed by atoms with Gasteiger partial charge in [0.2, 0.25) is 5.91 Å². The Morgan fingerprint density at radius 2 is 2.21 bits per heavy atom. The van der Waals surface area contributed by atoms with Crippen LogP contribution in [0.4, 0.5) is 0 Å². The highest BCUT2D eigenvalue weighted by Crippen LogP contribution is 2.29. The van der Waals surface area contributed by atoms with E-state index < -0.39 is 11.4 Å². The van der Waals surface area contributed by atoms with Gasteiger partial charge < -0.3 is 15.2 Å². The van der Waals surface area contributed by atoms with Crippen LogP contribution in [0.5, 0.6) is 5.75 Å². The smallest absolute Gasteiger partial charge is 0.310 e. The maximum atomic E-state index is 11.9. The Labute approximate surface area is 142 Å². The van der Waals surface area contributed by atoms with Gasteiger partial charge in [0.25, 0.3) is 0 Å². The number of amides is 1. The number of hydrogen-bond acceptors (Lipinski definition) is 4. The highest BCUT2D eigenvalue weighted by molar-refractivity contribution is 5.79. The molecular weight excluding hydrogens is 308 g/mol. The predicted octanol–water partition coefficient (Wildman–Crippen LogP) is 1.68. The van der Waals surface area contributed by atoms with Gasteiger partial charge in [0, 0.05) is 13.1 Å². The van der Waals surface area contributed by atoms with Crippen LogP contribution in [-0.2, 0) is 9.59 Å². The van der Waals surface area contributed by atoms with Gasteiger partial charge in [0.05, 0.1) is 18.6 Å². The van der Waals surface area contributed by atoms with Crippen LogP contribution < -0.4 is 10.1 Å². The third-order valence-corrected chi connectivity index (χ3v) is 4.34. The zero-order valence-corrected chi connectivity index (χ0v) is 14.4. The number of ether oxygens (including phenoxy) is 1. The SMILES string of the molecule is Cc1cccc(OCCCNC(=O)CN2CCC(C)(C(=O)O)C2)c1. The number of rotatable bonds is 8. The molecule has 2 rings (SSSR count). The number of carboxylic acids is 1. The molecule has 1 amide bonds. The lowest BCUT2D eigenvalue weighted by molar-refractivity contribution is -0.147. The van der Waals surface area contributed by atoms with Gasteiger partial charge in [0.1, 0.15) is 5.75 Å². The van der Waals surface area contributed by atoms with Crippen molar-refractivity contribution in [1.29, 1.82) is 0 Å². The molecule has 1 aromatic carbocycles. The summed E-state index contributed by atoms with van der Waals surface area (Å²) in [5, 5.41) is 12.1. The molecule has 24 heavy (non-hydrogen) atoms. The first-order chi connectivity index (χ1) is 11.4. The molecule has 0 bridgehead atoms. The lowest BCUT2D eigenvalue weighted by Gasteiger charge is -2.19. The highest BCUT2D eigenvalue weighted by Gasteiger charge is 2.40. The van der Waals surface area contributed by atoms with Crippen LogP contribution in [0.3, 0.4) is 0 Å². The van der Waals surface area contributed by atoms with Crippen LogP contribution >= 0.6 is 0 Å². The average molecular weight is 334 g/mol. The van der Waals surface area contributed by atoms with Crippen molar-refractivity contribution in [2.45, 2.75) is 26.7 Å². The van der Waals surface area contributed by atoms with Crippen molar-refractivity contribution < 1.29 is 19.4 Å². The number of benzene rings is 1. The molecule has 1 fully saturated rings. The van der Waals surface area contributed by atoms with Crippen molar-refractivity contribution in [2.75, 3.05) is 32.8 Å². The summed E-state index contributed by atoms with van der Waals surface area (Å²) in [5.74, 6) is -0.0229. The summed E-state index contributed by atoms with van der Waals surface area (Å²) >= 11 is 0. The predicted molar refractivity (Wildman–Crippen MR) is 91.1 cm³/mol. The number of aryl methyl sites for hydroxylation is 1. The van der Waals surface area contributed by atoms with Gasteiger partial charge in [-0.15, -0.1) is 0 Å². The van der Waals surface area contributed by atoms with Crippen LogP contribution in [0, 0.1) is 12.3 Å². The van der Waals surface area contributed by atoms with Gasteiger partial charge in [0.15, 0.2) is 0 Å². The first-order valence-electron chi connectivity index (χ1n) is 8.31. The number of carbonyl (C=O) groups is 2. The minimum Gasteiger partial charge on any atom is -0.494 e. The second kappa shape index (κ2) is 8.15. The van der Waals surface area contributed by atoms with Crippen molar-refractivity contribution in [1.82, 2.24) is 10.2 Å². The van der Waals surface area contributed by atoms with Crippen LogP contribution in [0.2, 0.25) is 0 Å². The topological polar surface area (TPSA) is 78.9 Å². The van der Waals surface area contributed by atoms with Crippen LogP contribution in [0.15, 0.2) is 24.3 Å². The molecule has 0 radical (unpaired) electrons. The summed E-state index contributed by atoms with van der Waals surface area (Å²) in [7, 11) is 0. The van der Waals surface area contributed by atoms with E-state index in [9.17, 15) is 14.7 Å². The number of carbonyl (C=O) groups excluding carboxylic acids is 1. The molecule has 2 N–H and O–H groups in total. The van der Waals surface area contributed by atoms with Gasteiger partial charge in [-0.05, 0) is 50.9 Å². The number of nitrogens with one attached hydrogen (secondary N) is 1. The molecule has 1 aliphatic rings. The molecule has 1 aromatic rings. The maximum Gasteiger partial charge on any atom is 0.310 e. The lowest BCUT2D eigenvalue weighted by Crippen LogP contribution is -2.39. The summed E-state index contributed by atoms with van der Waals surface area (Å²) < 4.78 is 5.63. The molecule has 1 aliphatic heterocycles. The Bertz CT molecular complexity index is 590. The second-order valence-corrected chi connectivity index (χ2v) is 6.69. The fourth-order valence-corrected chi connectivity index (χ4v) is 2.82. The summed E-state index contributed by atoms with van der Waals surface area (Å²) in [6.45, 7) is 6.16. The summed E-state index contributed by atoms with van der Waals surface area (Å²) in [6.07, 6.45) is 1.31. The van der Waals surface area contributed by atoms with Gasteiger partial charge >= 0.3 is 5.97 Å². The Morgan fingerprint density at radius 3 is 2.88 bits per heavy atom. The molecule has 0 aliphatic carbocycles. The summed E-state index contributed by atoms with van der Waals surface area (Å²) in [5.41, 5.74) is 0.418. The number of nitrogens with zero attached hydrogens (tertiary/aromatic N) is 1. The van der Waals surface area contributed by atoms with E-state index in [0.29, 0.717) is 32.7 Å². The molecule has 6 heteroatoms. The molecule has 1 heterocycles. The number of carboxylic acid groups (broad SMARTS) is 1. The van der Waals surface area contributed by atoms with Crippen molar-refractivity contribution in [3.05, 3.63) is 29.8 Å². The van der Waals surface area contributed by atoms with Crippen molar-refractivity contribution >= 4 is 11.9 Å². The van der Waals surface area contributed by atoms with E-state index in [1.165, 1.54) is 0 Å². The molecule has 6 nitrogen and oxygen atoms in total. The van der Waals surface area contributed by atoms with E-state index in [-0.39, 0.29) is 12.5 Å². The van der Waals surface area contributed by atoms with E-state index in [2.05, 4.69) is 5.32 Å². The zero-order valence-electron chi connectivity index (χ0n) is 14.4. The van der Waals surface area contributed by atoms with E-state index in [0.717, 1.165) is 17.7 Å². The van der Waals surface area contributed by atoms with E-state index in [4.69, 9.17) is 4.74 Å². The first-order valence-corrected chi connectivity index (χ1v) is 8.31. The van der Waals surface area contributed by atoms with Crippen LogP contribution in [0.1, 0.15) is 25.3 Å². The molecule has 132 valence electrons. The quantitative estimate of drug-likeness (QED) is 0.707. The monoisotopic (exact) mass is 334 g/mol. The third kappa shape index (κ3) is 5.23. The molecule has 1 saturated heterocycles. The molecule has 1 atom stereocenters. The average Bonchev–Trinajstić information content (AvgIpc) is 2.89. The minimum absolute atomic E-state index is 0.0693. The van der Waals surface area contributed by atoms with Gasteiger partial charge in [-0.3, -0.25) is 14.5 Å². The summed E-state index contributed by atoms with van der Waals surface area (Å²) in [4.78, 5) is 25.0. The molecule has 0 spiro atoms. The minimum atomic E-state index is -0.793. The second-order valence-electron chi connectivity index (χ2n) is 6.69. The van der Waals surface area contributed by atoms with Crippen molar-refractivity contribution in [3.63, 3.8) is 0 Å². The van der Waals surface area contributed by atoms with E-state index >= 15 is 0 Å². The normalized spacial score (nSPS) is 20.8. The van der Waals surface area contributed by atoms with Crippen molar-refractivity contribution in [2.24, 2.45) is 5.41 Å². The molecule has 0 aromatic heterocycles. The first kappa shape index (κ1) is 18.3. The van der Waals surface area contributed by atoms with E-state index in [1.807, 2.05) is 36.1 Å². The fraction of sp³-hybridized carbons (Fsp3) is 0.556. The Hall–Kier alpha value is -2.08. The largest absolute Gasteiger partial charge is 0.494 e. The van der Waals surface area contributed by atoms with Gasteiger partial charge in [-0.25, -0.2) is 0 Å². The third-order valence-electron chi connectivity index (χ3n) is 4.34. The van der Waals surface area contributed by atoms with Crippen molar-refractivity contribution in [3.8, 4) is 5.75 Å². The number of likely N-dealkylation sites (tertiary alicyclic amines) is 1. The Morgan fingerprint density at radius 1 is 1.42 bits per heavy atom. The highest BCUT2D eigenvalue weighted by atomic mass is 16.5. The fourth-order valence-electron chi connectivity index (χ4n) is 2.82. The molecule has 0 saturated carbocycles. The zero-order chi connectivity index (χ0) is 17.6. The summed E-state index contributed by atoms with van der Waals surface area (Å²) in [6, 6.07) is 7.86. The van der Waals surface area contributed by atoms with E-state index in [1.54, 1.807) is 6.92 Å². The van der Waals surface area contributed by atoms with Gasteiger partial charge in [-0.2, -0.15) is 0 Å². The van der Waals surface area contributed by atoms with Crippen LogP contribution in [0.25, 0.3) is 0 Å². The standard InChI is InChI=1S/C18H26N2O4/c1-14-5-3-6-15(11-14)24-10-4-8-19-16(21)12-20-9-7-18(2,13-20)17(22)23/h3,5-6,11H,4,7-10,12-13H2,1-2H3,(H,19,21)(H,22,23). The van der Waals surface area contributed by atoms with Crippen LogP contribution in [-0.4, -0.2) is 54.7 Å². The maximum absolute atomic E-state index is 11.9. The molecular formula is C18H26N2O4. The molecule has 1 unspecified atom stereocenters. The van der Waals surface area contributed by atoms with Gasteiger partial charge in [-0.1, -0.05) is 12.1 Å². The Balaban J connectivity index is 1.60. The Kier molecular flexibility index (Phi) is 6.20. The number of hydrogen-bond donors (Lipinski definition) is 2. The number of aliphatic carboxylic acids is 1. The lowest BCUT2D eigenvalue weighted by atomic mass is 9.90.